The number of carboxylic acid groups (broad SMARTS) is 1. The molecule has 1 aromatic rings. The maximum atomic E-state index is 11.3. The molecule has 17 heavy (non-hydrogen) atoms. The summed E-state index contributed by atoms with van der Waals surface area (Å²) in [5.74, 6) is -1.23. The zero-order valence-corrected chi connectivity index (χ0v) is 10.1. The number of aryl methyl sites for hydroxylation is 1. The third-order valence-corrected chi connectivity index (χ3v) is 3.36. The van der Waals surface area contributed by atoms with Gasteiger partial charge in [0.2, 0.25) is 0 Å². The molecule has 0 spiro atoms. The van der Waals surface area contributed by atoms with Gasteiger partial charge in [-0.15, -0.1) is 0 Å². The van der Waals surface area contributed by atoms with Crippen LogP contribution in [0.2, 0.25) is 0 Å². The molecule has 4 heteroatoms. The Morgan fingerprint density at radius 3 is 2.88 bits per heavy atom. The van der Waals surface area contributed by atoms with Crippen LogP contribution in [-0.2, 0) is 17.6 Å². The molecule has 0 amide bonds. The molecule has 1 heterocycles. The molecule has 0 saturated carbocycles. The molecule has 0 aromatic carbocycles. The summed E-state index contributed by atoms with van der Waals surface area (Å²) in [5, 5.41) is 9.30. The average Bonchev–Trinajstić information content (AvgIpc) is 2.35. The molecule has 1 aromatic heterocycles. The van der Waals surface area contributed by atoms with Crippen molar-refractivity contribution in [3.05, 3.63) is 23.3 Å². The van der Waals surface area contributed by atoms with E-state index in [1.807, 2.05) is 6.92 Å². The van der Waals surface area contributed by atoms with Gasteiger partial charge in [-0.2, -0.15) is 0 Å². The summed E-state index contributed by atoms with van der Waals surface area (Å²) in [6.45, 7) is 2.00. The van der Waals surface area contributed by atoms with Gasteiger partial charge in [0.05, 0.1) is 11.6 Å². The predicted molar refractivity (Wildman–Crippen MR) is 64.0 cm³/mol. The van der Waals surface area contributed by atoms with Crippen molar-refractivity contribution in [3.8, 4) is 0 Å². The van der Waals surface area contributed by atoms with Crippen molar-refractivity contribution < 1.29 is 9.90 Å². The molecule has 1 atom stereocenters. The zero-order chi connectivity index (χ0) is 12.3. The molecule has 0 aliphatic heterocycles. The van der Waals surface area contributed by atoms with Gasteiger partial charge in [-0.05, 0) is 37.7 Å². The zero-order valence-electron chi connectivity index (χ0n) is 10.1. The van der Waals surface area contributed by atoms with Crippen LogP contribution in [0.25, 0.3) is 0 Å². The summed E-state index contributed by atoms with van der Waals surface area (Å²) in [6, 6.07) is 0. The summed E-state index contributed by atoms with van der Waals surface area (Å²) < 4.78 is 0. The molecule has 1 aliphatic carbocycles. The lowest BCUT2D eigenvalue weighted by Crippen LogP contribution is -2.19. The van der Waals surface area contributed by atoms with Gasteiger partial charge in [0.25, 0.3) is 0 Å². The first-order chi connectivity index (χ1) is 8.24. The molecule has 0 fully saturated rings. The number of aromatic nitrogens is 2. The van der Waals surface area contributed by atoms with Crippen LogP contribution in [0.3, 0.4) is 0 Å². The Balaban J connectivity index is 2.39. The molecule has 2 rings (SSSR count). The smallest absolute Gasteiger partial charge is 0.312 e. The van der Waals surface area contributed by atoms with Gasteiger partial charge in [0, 0.05) is 5.69 Å². The van der Waals surface area contributed by atoms with Gasteiger partial charge in [-0.3, -0.25) is 4.79 Å². The number of rotatable bonds is 4. The quantitative estimate of drug-likeness (QED) is 0.868. The lowest BCUT2D eigenvalue weighted by Gasteiger charge is -2.20. The molecule has 0 bridgehead atoms. The van der Waals surface area contributed by atoms with Crippen LogP contribution in [0.1, 0.15) is 55.5 Å². The Morgan fingerprint density at radius 1 is 1.41 bits per heavy atom. The van der Waals surface area contributed by atoms with E-state index >= 15 is 0 Å². The van der Waals surface area contributed by atoms with E-state index in [1.54, 1.807) is 0 Å². The molecule has 1 aliphatic rings. The van der Waals surface area contributed by atoms with Crippen molar-refractivity contribution in [2.45, 2.75) is 51.4 Å². The fourth-order valence-corrected chi connectivity index (χ4v) is 2.51. The number of aliphatic carboxylic acids is 1. The second-order valence-corrected chi connectivity index (χ2v) is 4.57. The number of carboxylic acids is 1. The first kappa shape index (κ1) is 12.0. The lowest BCUT2D eigenvalue weighted by atomic mass is 9.88. The third-order valence-electron chi connectivity index (χ3n) is 3.36. The molecule has 0 saturated heterocycles. The van der Waals surface area contributed by atoms with Crippen LogP contribution < -0.4 is 0 Å². The second kappa shape index (κ2) is 5.25. The summed E-state index contributed by atoms with van der Waals surface area (Å²) in [5.41, 5.74) is 2.91. The van der Waals surface area contributed by atoms with E-state index in [-0.39, 0.29) is 0 Å². The van der Waals surface area contributed by atoms with Gasteiger partial charge in [0.15, 0.2) is 0 Å². The van der Waals surface area contributed by atoms with E-state index in [1.165, 1.54) is 6.33 Å². The third kappa shape index (κ3) is 2.46. The minimum atomic E-state index is -0.765. The van der Waals surface area contributed by atoms with Crippen LogP contribution in [0, 0.1) is 0 Å². The molecule has 92 valence electrons. The number of nitrogens with zero attached hydrogens (tertiary/aromatic N) is 2. The molecule has 1 N–H and O–H groups in total. The highest BCUT2D eigenvalue weighted by molar-refractivity contribution is 5.76. The Bertz CT molecular complexity index is 418. The van der Waals surface area contributed by atoms with Crippen LogP contribution >= 0.6 is 0 Å². The molecule has 1 unspecified atom stereocenters. The topological polar surface area (TPSA) is 63.1 Å². The fraction of sp³-hybridized carbons (Fsp3) is 0.615. The van der Waals surface area contributed by atoms with E-state index in [9.17, 15) is 9.90 Å². The highest BCUT2D eigenvalue weighted by Crippen LogP contribution is 2.28. The minimum absolute atomic E-state index is 0.463. The first-order valence-corrected chi connectivity index (χ1v) is 6.29. The summed E-state index contributed by atoms with van der Waals surface area (Å²) in [7, 11) is 0. The largest absolute Gasteiger partial charge is 0.481 e. The van der Waals surface area contributed by atoms with E-state index in [0.717, 1.165) is 49.1 Å². The molecule has 4 nitrogen and oxygen atoms in total. The van der Waals surface area contributed by atoms with Crippen molar-refractivity contribution in [1.82, 2.24) is 9.97 Å². The van der Waals surface area contributed by atoms with Gasteiger partial charge in [0.1, 0.15) is 6.33 Å². The van der Waals surface area contributed by atoms with Crippen molar-refractivity contribution >= 4 is 5.97 Å². The van der Waals surface area contributed by atoms with Gasteiger partial charge in [-0.1, -0.05) is 13.3 Å². The molecular weight excluding hydrogens is 216 g/mol. The first-order valence-electron chi connectivity index (χ1n) is 6.29. The second-order valence-electron chi connectivity index (χ2n) is 4.57. The molecular formula is C13H18N2O2. The van der Waals surface area contributed by atoms with E-state index in [4.69, 9.17) is 0 Å². The normalized spacial score (nSPS) is 16.3. The van der Waals surface area contributed by atoms with Crippen molar-refractivity contribution in [2.75, 3.05) is 0 Å². The number of hydrogen-bond acceptors (Lipinski definition) is 3. The summed E-state index contributed by atoms with van der Waals surface area (Å²) in [4.78, 5) is 19.8. The maximum absolute atomic E-state index is 11.3. The van der Waals surface area contributed by atoms with Crippen LogP contribution in [0.5, 0.6) is 0 Å². The van der Waals surface area contributed by atoms with Crippen molar-refractivity contribution in [1.29, 1.82) is 0 Å². The van der Waals surface area contributed by atoms with E-state index in [2.05, 4.69) is 9.97 Å². The average molecular weight is 234 g/mol. The maximum Gasteiger partial charge on any atom is 0.312 e. The number of hydrogen-bond donors (Lipinski definition) is 1. The monoisotopic (exact) mass is 234 g/mol. The Morgan fingerprint density at radius 2 is 2.18 bits per heavy atom. The molecule has 0 radical (unpaired) electrons. The Kier molecular flexibility index (Phi) is 3.71. The fourth-order valence-electron chi connectivity index (χ4n) is 2.51. The van der Waals surface area contributed by atoms with Crippen molar-refractivity contribution in [2.24, 2.45) is 0 Å². The van der Waals surface area contributed by atoms with Gasteiger partial charge in [-0.25, -0.2) is 9.97 Å². The van der Waals surface area contributed by atoms with E-state index in [0.29, 0.717) is 6.42 Å². The summed E-state index contributed by atoms with van der Waals surface area (Å²) >= 11 is 0. The summed E-state index contributed by atoms with van der Waals surface area (Å²) in [6.07, 6.45) is 7.18. The van der Waals surface area contributed by atoms with Gasteiger partial charge < -0.3 is 5.11 Å². The van der Waals surface area contributed by atoms with E-state index < -0.39 is 11.9 Å². The minimum Gasteiger partial charge on any atom is -0.481 e. The Hall–Kier alpha value is -1.45. The van der Waals surface area contributed by atoms with Crippen LogP contribution in [-0.4, -0.2) is 21.0 Å². The Labute approximate surface area is 101 Å². The van der Waals surface area contributed by atoms with Crippen molar-refractivity contribution in [3.63, 3.8) is 0 Å². The SMILES string of the molecule is CCCC(C(=O)O)c1ncnc2c1CCCC2. The highest BCUT2D eigenvalue weighted by atomic mass is 16.4. The number of carbonyl (C=O) groups is 1. The highest BCUT2D eigenvalue weighted by Gasteiger charge is 2.26. The van der Waals surface area contributed by atoms with Gasteiger partial charge >= 0.3 is 5.97 Å². The standard InChI is InChI=1S/C13H18N2O2/c1-2-5-10(13(16)17)12-9-6-3-4-7-11(9)14-8-15-12/h8,10H,2-7H2,1H3,(H,16,17). The number of fused-ring (bicyclic) bond motifs is 1. The predicted octanol–water partition coefficient (Wildman–Crippen LogP) is 2.32. The van der Waals surface area contributed by atoms with Crippen LogP contribution in [0.4, 0.5) is 0 Å². The lowest BCUT2D eigenvalue weighted by molar-refractivity contribution is -0.139. The van der Waals surface area contributed by atoms with Crippen LogP contribution in [0.15, 0.2) is 6.33 Å².